The normalized spacial score (nSPS) is 13.9. The van der Waals surface area contributed by atoms with Gasteiger partial charge in [0.25, 0.3) is 0 Å². The van der Waals surface area contributed by atoms with E-state index in [-0.39, 0.29) is 12.4 Å². The molecule has 288 valence electrons. The molecule has 0 saturated carbocycles. The van der Waals surface area contributed by atoms with Gasteiger partial charge in [-0.15, -0.1) is 46.7 Å². The van der Waals surface area contributed by atoms with E-state index in [0.717, 1.165) is 57.5 Å². The number of para-hydroxylation sites is 4. The van der Waals surface area contributed by atoms with E-state index in [0.29, 0.717) is 5.88 Å². The highest BCUT2D eigenvalue weighted by Crippen LogP contribution is 2.27. The number of alkyl halides is 1. The number of nitrogens with one attached hydrogen (secondary N) is 1. The second kappa shape index (κ2) is 19.6. The lowest BCUT2D eigenvalue weighted by Crippen LogP contribution is -2.18. The van der Waals surface area contributed by atoms with Gasteiger partial charge in [-0.2, -0.15) is 0 Å². The van der Waals surface area contributed by atoms with Crippen LogP contribution in [0.3, 0.4) is 0 Å². The first kappa shape index (κ1) is 39.8. The molecule has 12 heteroatoms. The average Bonchev–Trinajstić information content (AvgIpc) is 4.09. The van der Waals surface area contributed by atoms with E-state index in [2.05, 4.69) is 112 Å². The van der Waals surface area contributed by atoms with Crippen molar-refractivity contribution in [1.29, 1.82) is 0 Å². The van der Waals surface area contributed by atoms with Crippen LogP contribution in [0.5, 0.6) is 0 Å². The number of halogens is 2. The van der Waals surface area contributed by atoms with Gasteiger partial charge in [-0.1, -0.05) is 72.8 Å². The van der Waals surface area contributed by atoms with Crippen LogP contribution in [0.4, 0.5) is 0 Å². The molecule has 0 spiro atoms. The van der Waals surface area contributed by atoms with Crippen LogP contribution in [-0.2, 0) is 25.5 Å². The topological polar surface area (TPSA) is 76.7 Å². The molecule has 0 radical (unpaired) electrons. The minimum atomic E-state index is 0. The summed E-state index contributed by atoms with van der Waals surface area (Å²) in [4.78, 5) is 20.8. The number of fused-ring (bicyclic) bond motifs is 2. The molecule has 6 heterocycles. The van der Waals surface area contributed by atoms with E-state index in [1.807, 2.05) is 42.3 Å². The van der Waals surface area contributed by atoms with Gasteiger partial charge >= 0.3 is 0 Å². The number of nitrogens with zero attached hydrogens (tertiary/aromatic N) is 7. The highest BCUT2D eigenvalue weighted by Gasteiger charge is 2.14. The number of hydrogen-bond acceptors (Lipinski definition) is 8. The fourth-order valence-electron chi connectivity index (χ4n) is 6.98. The summed E-state index contributed by atoms with van der Waals surface area (Å²) in [5, 5.41) is 9.57. The lowest BCUT2D eigenvalue weighted by atomic mass is 10.1. The molecular formula is C44H46Cl2N8S2. The van der Waals surface area contributed by atoms with Gasteiger partial charge in [0, 0.05) is 41.5 Å². The lowest BCUT2D eigenvalue weighted by molar-refractivity contribution is 0.328. The molecule has 2 saturated heterocycles. The molecule has 0 unspecified atom stereocenters. The maximum absolute atomic E-state index is 5.82. The van der Waals surface area contributed by atoms with Crippen molar-refractivity contribution in [2.45, 2.75) is 51.2 Å². The Morgan fingerprint density at radius 1 is 0.571 bits per heavy atom. The van der Waals surface area contributed by atoms with Crippen LogP contribution in [0.25, 0.3) is 43.2 Å². The third-order valence-corrected chi connectivity index (χ3v) is 12.1. The van der Waals surface area contributed by atoms with Crippen LogP contribution >= 0.6 is 46.7 Å². The summed E-state index contributed by atoms with van der Waals surface area (Å²) in [6.45, 7) is 7.56. The smallest absolute Gasteiger partial charge is 0.123 e. The SMILES string of the molecule is C1CCNC1.Cl.ClCc1csc(-c2ccc(Cn3cnc4ccccc43)cc2)n1.c1ccc2c(c1)ncn2Cc1ccc(-c2nc(CN3CCCC3)cs2)cc1. The van der Waals surface area contributed by atoms with Gasteiger partial charge in [-0.3, -0.25) is 4.90 Å². The summed E-state index contributed by atoms with van der Waals surface area (Å²) in [6, 6.07) is 33.7. The van der Waals surface area contributed by atoms with E-state index in [1.54, 1.807) is 22.7 Å². The Kier molecular flexibility index (Phi) is 14.0. The first-order valence-corrected chi connectivity index (χ1v) is 21.3. The van der Waals surface area contributed by atoms with E-state index in [9.17, 15) is 0 Å². The molecule has 0 bridgehead atoms. The summed E-state index contributed by atoms with van der Waals surface area (Å²) in [5.41, 5.74) is 11.4. The fourth-order valence-corrected chi connectivity index (χ4v) is 8.85. The van der Waals surface area contributed by atoms with E-state index in [4.69, 9.17) is 16.6 Å². The van der Waals surface area contributed by atoms with Crippen LogP contribution in [0.2, 0.25) is 0 Å². The Hall–Kier alpha value is -4.42. The van der Waals surface area contributed by atoms with Crippen LogP contribution in [0, 0.1) is 0 Å². The zero-order valence-electron chi connectivity index (χ0n) is 31.3. The number of thiazole rings is 2. The van der Waals surface area contributed by atoms with Crippen molar-refractivity contribution in [3.8, 4) is 21.1 Å². The zero-order valence-corrected chi connectivity index (χ0v) is 34.5. The Morgan fingerprint density at radius 3 is 1.52 bits per heavy atom. The molecule has 10 rings (SSSR count). The summed E-state index contributed by atoms with van der Waals surface area (Å²) in [6.07, 6.45) is 9.24. The molecule has 4 aromatic carbocycles. The molecule has 4 aromatic heterocycles. The molecule has 2 aliphatic heterocycles. The Morgan fingerprint density at radius 2 is 1.05 bits per heavy atom. The Balaban J connectivity index is 0.000000152. The maximum atomic E-state index is 5.82. The van der Waals surface area contributed by atoms with Crippen LogP contribution < -0.4 is 5.32 Å². The molecule has 8 aromatic rings. The van der Waals surface area contributed by atoms with Gasteiger partial charge in [0.2, 0.25) is 0 Å². The zero-order chi connectivity index (χ0) is 37.2. The number of benzene rings is 4. The monoisotopic (exact) mass is 820 g/mol. The van der Waals surface area contributed by atoms with Gasteiger partial charge in [-0.05, 0) is 87.3 Å². The number of aromatic nitrogens is 6. The van der Waals surface area contributed by atoms with Gasteiger partial charge in [-0.25, -0.2) is 19.9 Å². The largest absolute Gasteiger partial charge is 0.326 e. The number of rotatable bonds is 9. The number of imidazole rings is 2. The summed E-state index contributed by atoms with van der Waals surface area (Å²) in [7, 11) is 0. The maximum Gasteiger partial charge on any atom is 0.123 e. The predicted molar refractivity (Wildman–Crippen MR) is 236 cm³/mol. The highest BCUT2D eigenvalue weighted by atomic mass is 35.5. The van der Waals surface area contributed by atoms with Gasteiger partial charge in [0.05, 0.1) is 52.0 Å². The molecule has 1 N–H and O–H groups in total. The fraction of sp³-hybridized carbons (Fsp3) is 0.273. The highest BCUT2D eigenvalue weighted by molar-refractivity contribution is 7.13. The standard InChI is InChI=1S/C22H22N4S.C18H14ClN3S.C4H9N.ClH/c1-2-6-21-20(5-1)23-16-26(21)13-17-7-9-18(10-8-17)22-24-19(15-27-22)14-25-11-3-4-12-25;19-9-15-11-23-18(21-15)14-7-5-13(6-8-14)10-22-12-20-16-3-1-2-4-17(16)22;1-2-4-5-3-1;/h1-2,5-10,15-16H,3-4,11-14H2;1-8,11-12H,9-10H2;5H,1-4H2;1H. The number of likely N-dealkylation sites (tertiary alicyclic amines) is 1. The van der Waals surface area contributed by atoms with Crippen LogP contribution in [0.1, 0.15) is 48.2 Å². The van der Waals surface area contributed by atoms with Crippen molar-refractivity contribution in [3.63, 3.8) is 0 Å². The quantitative estimate of drug-likeness (QED) is 0.146. The Bertz CT molecular complexity index is 2400. The minimum Gasteiger partial charge on any atom is -0.326 e. The third kappa shape index (κ3) is 10.1. The van der Waals surface area contributed by atoms with Crippen molar-refractivity contribution < 1.29 is 0 Å². The first-order valence-electron chi connectivity index (χ1n) is 19.0. The van der Waals surface area contributed by atoms with Gasteiger partial charge < -0.3 is 14.5 Å². The predicted octanol–water partition coefficient (Wildman–Crippen LogP) is 10.5. The minimum absolute atomic E-state index is 0. The molecular weight excluding hydrogens is 776 g/mol. The number of hydrogen-bond donors (Lipinski definition) is 1. The summed E-state index contributed by atoms with van der Waals surface area (Å²) >= 11 is 9.19. The van der Waals surface area contributed by atoms with Crippen molar-refractivity contribution in [2.24, 2.45) is 0 Å². The molecule has 0 aliphatic carbocycles. The molecule has 2 aliphatic rings. The van der Waals surface area contributed by atoms with E-state index >= 15 is 0 Å². The first-order chi connectivity index (χ1) is 27.2. The molecule has 2 fully saturated rings. The van der Waals surface area contributed by atoms with Gasteiger partial charge in [0.15, 0.2) is 0 Å². The van der Waals surface area contributed by atoms with Crippen molar-refractivity contribution in [3.05, 3.63) is 143 Å². The molecule has 0 amide bonds. The second-order valence-electron chi connectivity index (χ2n) is 14.0. The lowest BCUT2D eigenvalue weighted by Gasteiger charge is -2.11. The molecule has 8 nitrogen and oxygen atoms in total. The van der Waals surface area contributed by atoms with Crippen molar-refractivity contribution in [1.82, 2.24) is 39.3 Å². The summed E-state index contributed by atoms with van der Waals surface area (Å²) in [5.74, 6) is 0.461. The summed E-state index contributed by atoms with van der Waals surface area (Å²) < 4.78 is 4.36. The molecule has 0 atom stereocenters. The third-order valence-electron chi connectivity index (χ3n) is 9.94. The van der Waals surface area contributed by atoms with Crippen LogP contribution in [0.15, 0.2) is 120 Å². The van der Waals surface area contributed by atoms with Gasteiger partial charge in [0.1, 0.15) is 10.0 Å². The average molecular weight is 822 g/mol. The van der Waals surface area contributed by atoms with Crippen LogP contribution in [-0.4, -0.2) is 60.1 Å². The van der Waals surface area contributed by atoms with E-state index in [1.165, 1.54) is 79.8 Å². The van der Waals surface area contributed by atoms with Crippen molar-refractivity contribution >= 4 is 68.7 Å². The second-order valence-corrected chi connectivity index (χ2v) is 16.0. The van der Waals surface area contributed by atoms with E-state index < -0.39 is 0 Å². The Labute approximate surface area is 347 Å². The molecule has 56 heavy (non-hydrogen) atoms. The van der Waals surface area contributed by atoms with Crippen molar-refractivity contribution in [2.75, 3.05) is 26.2 Å².